The Morgan fingerprint density at radius 2 is 1.67 bits per heavy atom. The van der Waals surface area contributed by atoms with E-state index in [1.165, 1.54) is 6.33 Å². The van der Waals surface area contributed by atoms with Crippen molar-refractivity contribution in [2.24, 2.45) is 0 Å². The number of aryl methyl sites for hydroxylation is 1. The van der Waals surface area contributed by atoms with Crippen LogP contribution in [0.2, 0.25) is 0 Å². The molecule has 1 aromatic rings. The summed E-state index contributed by atoms with van der Waals surface area (Å²) in [5.74, 6) is -0.0496. The van der Waals surface area contributed by atoms with E-state index in [-0.39, 0.29) is 11.9 Å². The molecule has 1 fully saturated rings. The first-order valence-electron chi connectivity index (χ1n) is 9.35. The molecule has 1 aliphatic heterocycles. The van der Waals surface area contributed by atoms with Crippen LogP contribution in [-0.4, -0.2) is 67.0 Å². The smallest absolute Gasteiger partial charge is 0.410 e. The van der Waals surface area contributed by atoms with E-state index in [0.717, 1.165) is 0 Å². The van der Waals surface area contributed by atoms with E-state index in [1.807, 2.05) is 46.4 Å². The molecule has 0 spiro atoms. The van der Waals surface area contributed by atoms with E-state index in [2.05, 4.69) is 14.7 Å². The minimum absolute atomic E-state index is 0.315. The van der Waals surface area contributed by atoms with Crippen LogP contribution < -0.4 is 4.90 Å². The van der Waals surface area contributed by atoms with Gasteiger partial charge in [-0.25, -0.2) is 19.2 Å². The maximum atomic E-state index is 14.3. The van der Waals surface area contributed by atoms with Gasteiger partial charge in [0, 0.05) is 40.4 Å². The van der Waals surface area contributed by atoms with Gasteiger partial charge in [0.15, 0.2) is 11.6 Å². The summed E-state index contributed by atoms with van der Waals surface area (Å²) in [7, 11) is 3.25. The second-order valence-corrected chi connectivity index (χ2v) is 6.67. The lowest BCUT2D eigenvalue weighted by Gasteiger charge is -2.36. The molecule has 2 rings (SSSR count). The van der Waals surface area contributed by atoms with E-state index in [9.17, 15) is 9.18 Å². The molecule has 8 heteroatoms. The summed E-state index contributed by atoms with van der Waals surface area (Å²) in [5, 5.41) is 0. The largest absolute Gasteiger partial charge is 0.444 e. The van der Waals surface area contributed by atoms with Crippen molar-refractivity contribution >= 4 is 11.9 Å². The summed E-state index contributed by atoms with van der Waals surface area (Å²) < 4.78 is 23.9. The summed E-state index contributed by atoms with van der Waals surface area (Å²) >= 11 is 0. The van der Waals surface area contributed by atoms with Crippen LogP contribution in [0.4, 0.5) is 15.0 Å². The van der Waals surface area contributed by atoms with Crippen molar-refractivity contribution in [1.29, 1.82) is 0 Å². The van der Waals surface area contributed by atoms with Gasteiger partial charge in [-0.3, -0.25) is 0 Å². The number of ether oxygens (including phenoxy) is 2. The second kappa shape index (κ2) is 12.4. The molecule has 2 heterocycles. The third-order valence-electron chi connectivity index (χ3n) is 3.41. The normalized spacial score (nSPS) is 13.8. The van der Waals surface area contributed by atoms with E-state index >= 15 is 0 Å². The monoisotopic (exact) mass is 386 g/mol. The summed E-state index contributed by atoms with van der Waals surface area (Å²) in [6.07, 6.45) is 1.58. The number of amides is 1. The van der Waals surface area contributed by atoms with Gasteiger partial charge >= 0.3 is 6.09 Å². The van der Waals surface area contributed by atoms with E-state index in [0.29, 0.717) is 44.1 Å². The molecule has 0 saturated carbocycles. The maximum Gasteiger partial charge on any atom is 0.410 e. The van der Waals surface area contributed by atoms with Gasteiger partial charge in [-0.05, 0) is 27.2 Å². The van der Waals surface area contributed by atoms with Gasteiger partial charge in [0.05, 0.1) is 5.69 Å². The van der Waals surface area contributed by atoms with Crippen LogP contribution in [0.1, 0.15) is 47.2 Å². The molecule has 0 aliphatic carbocycles. The van der Waals surface area contributed by atoms with Crippen molar-refractivity contribution in [1.82, 2.24) is 14.9 Å². The average Bonchev–Trinajstić information content (AvgIpc) is 2.63. The van der Waals surface area contributed by atoms with E-state index in [1.54, 1.807) is 19.1 Å². The predicted molar refractivity (Wildman–Crippen MR) is 106 cm³/mol. The summed E-state index contributed by atoms with van der Waals surface area (Å²) in [6, 6.07) is 0. The van der Waals surface area contributed by atoms with Crippen LogP contribution in [0.5, 0.6) is 0 Å². The van der Waals surface area contributed by atoms with Gasteiger partial charge in [-0.1, -0.05) is 20.8 Å². The Hall–Kier alpha value is -1.96. The van der Waals surface area contributed by atoms with Crippen LogP contribution in [0.25, 0.3) is 0 Å². The number of anilines is 1. The topological polar surface area (TPSA) is 67.8 Å². The summed E-state index contributed by atoms with van der Waals surface area (Å²) in [4.78, 5) is 23.5. The summed E-state index contributed by atoms with van der Waals surface area (Å²) in [5.41, 5.74) is -0.0946. The fourth-order valence-electron chi connectivity index (χ4n) is 2.29. The van der Waals surface area contributed by atoms with Crippen molar-refractivity contribution in [2.45, 2.75) is 53.6 Å². The third-order valence-corrected chi connectivity index (χ3v) is 3.41. The zero-order valence-corrected chi connectivity index (χ0v) is 18.0. The molecule has 0 bridgehead atoms. The van der Waals surface area contributed by atoms with Crippen LogP contribution in [0.3, 0.4) is 0 Å². The highest BCUT2D eigenvalue weighted by Crippen LogP contribution is 2.20. The van der Waals surface area contributed by atoms with Gasteiger partial charge in [-0.2, -0.15) is 0 Å². The highest BCUT2D eigenvalue weighted by molar-refractivity contribution is 5.68. The third kappa shape index (κ3) is 8.51. The SMILES string of the molecule is CC.CCc1ncnc(N2CCN(C(=O)OC(C)(C)C)CC2)c1F.COC. The van der Waals surface area contributed by atoms with Crippen molar-refractivity contribution in [2.75, 3.05) is 45.3 Å². The second-order valence-electron chi connectivity index (χ2n) is 6.67. The van der Waals surface area contributed by atoms with Gasteiger partial charge in [0.2, 0.25) is 0 Å². The first-order chi connectivity index (χ1) is 12.7. The van der Waals surface area contributed by atoms with Crippen molar-refractivity contribution in [3.8, 4) is 0 Å². The van der Waals surface area contributed by atoms with Crippen LogP contribution in [-0.2, 0) is 15.9 Å². The number of nitrogens with zero attached hydrogens (tertiary/aromatic N) is 4. The molecule has 0 aromatic carbocycles. The van der Waals surface area contributed by atoms with Gasteiger partial charge < -0.3 is 19.3 Å². The minimum Gasteiger partial charge on any atom is -0.444 e. The lowest BCUT2D eigenvalue weighted by Crippen LogP contribution is -2.50. The highest BCUT2D eigenvalue weighted by atomic mass is 19.1. The number of aromatic nitrogens is 2. The van der Waals surface area contributed by atoms with Crippen molar-refractivity contribution < 1.29 is 18.7 Å². The van der Waals surface area contributed by atoms with Crippen molar-refractivity contribution in [3.63, 3.8) is 0 Å². The van der Waals surface area contributed by atoms with E-state index in [4.69, 9.17) is 4.74 Å². The molecule has 0 radical (unpaired) electrons. The number of hydrogen-bond donors (Lipinski definition) is 0. The fourth-order valence-corrected chi connectivity index (χ4v) is 2.29. The molecule has 0 N–H and O–H groups in total. The first kappa shape index (κ1) is 25.0. The minimum atomic E-state index is -0.511. The number of carbonyl (C=O) groups is 1. The number of halogens is 1. The van der Waals surface area contributed by atoms with Gasteiger partial charge in [0.25, 0.3) is 0 Å². The Bertz CT molecular complexity index is 556. The molecule has 27 heavy (non-hydrogen) atoms. The van der Waals surface area contributed by atoms with Crippen molar-refractivity contribution in [3.05, 3.63) is 17.8 Å². The molecule has 7 nitrogen and oxygen atoms in total. The van der Waals surface area contributed by atoms with Gasteiger partial charge in [0.1, 0.15) is 11.9 Å². The molecule has 1 aromatic heterocycles. The Kier molecular flexibility index (Phi) is 11.5. The van der Waals surface area contributed by atoms with E-state index < -0.39 is 5.60 Å². The molecule has 0 unspecified atom stereocenters. The quantitative estimate of drug-likeness (QED) is 0.775. The molecule has 1 amide bonds. The Morgan fingerprint density at radius 1 is 1.15 bits per heavy atom. The number of piperazine rings is 1. The number of carbonyl (C=O) groups excluding carboxylic acids is 1. The molecule has 1 aliphatic rings. The van der Waals surface area contributed by atoms with Crippen LogP contribution >= 0.6 is 0 Å². The molecular weight excluding hydrogens is 351 g/mol. The standard InChI is InChI=1S/C15H23FN4O2.C2H6O.C2H6/c1-5-11-12(16)13(18-10-17-11)19-6-8-20(9-7-19)14(21)22-15(2,3)4;1-3-2;1-2/h10H,5-9H2,1-4H3;1-2H3;1-2H3. The average molecular weight is 387 g/mol. The first-order valence-corrected chi connectivity index (χ1v) is 9.35. The number of methoxy groups -OCH3 is 1. The highest BCUT2D eigenvalue weighted by Gasteiger charge is 2.27. The Morgan fingerprint density at radius 3 is 2.11 bits per heavy atom. The zero-order valence-electron chi connectivity index (χ0n) is 18.0. The summed E-state index contributed by atoms with van der Waals surface area (Å²) in [6.45, 7) is 13.4. The van der Waals surface area contributed by atoms with Crippen LogP contribution in [0, 0.1) is 5.82 Å². The molecular formula is C19H35FN4O3. The Balaban J connectivity index is 0.00000123. The predicted octanol–water partition coefficient (Wildman–Crippen LogP) is 3.52. The van der Waals surface area contributed by atoms with Crippen LogP contribution in [0.15, 0.2) is 6.33 Å². The maximum absolute atomic E-state index is 14.3. The molecule has 0 atom stereocenters. The fraction of sp³-hybridized carbons (Fsp3) is 0.737. The Labute approximate surface area is 162 Å². The zero-order chi connectivity index (χ0) is 21.0. The lowest BCUT2D eigenvalue weighted by molar-refractivity contribution is 0.0240. The lowest BCUT2D eigenvalue weighted by atomic mass is 10.2. The van der Waals surface area contributed by atoms with Gasteiger partial charge in [-0.15, -0.1) is 0 Å². The number of rotatable bonds is 2. The molecule has 156 valence electrons. The molecule has 1 saturated heterocycles. The number of hydrogen-bond acceptors (Lipinski definition) is 6.